The average molecular weight is 413 g/mol. The quantitative estimate of drug-likeness (QED) is 0.469. The zero-order valence-corrected chi connectivity index (χ0v) is 19.2. The molecule has 164 valence electrons. The molecule has 6 fully saturated rings. The van der Waals surface area contributed by atoms with Crippen LogP contribution in [0.1, 0.15) is 80.5 Å². The summed E-state index contributed by atoms with van der Waals surface area (Å²) in [6.45, 7) is 10.3. The monoisotopic (exact) mass is 412 g/mol. The fourth-order valence-electron chi connectivity index (χ4n) is 6.23. The summed E-state index contributed by atoms with van der Waals surface area (Å²) in [4.78, 5) is 24.4. The van der Waals surface area contributed by atoms with Crippen molar-refractivity contribution in [2.45, 2.75) is 92.3 Å². The summed E-state index contributed by atoms with van der Waals surface area (Å²) in [6.07, 6.45) is 7.33. The first-order valence-corrected chi connectivity index (χ1v) is 11.6. The number of carbonyl (C=O) groups excluding carboxylic acids is 2. The van der Waals surface area contributed by atoms with Gasteiger partial charge in [0.1, 0.15) is 0 Å². The topological polar surface area (TPSA) is 52.6 Å². The highest BCUT2D eigenvalue weighted by atomic mass is 16.7. The van der Waals surface area contributed by atoms with Gasteiger partial charge in [-0.1, -0.05) is 17.7 Å². The molecule has 0 N–H and O–H groups in total. The van der Waals surface area contributed by atoms with E-state index in [9.17, 15) is 9.59 Å². The van der Waals surface area contributed by atoms with Crippen LogP contribution >= 0.6 is 0 Å². The molecule has 6 aliphatic carbocycles. The number of ether oxygens (including phenoxy) is 2. The molecule has 7 rings (SSSR count). The van der Waals surface area contributed by atoms with Gasteiger partial charge in [0.2, 0.25) is 6.29 Å². The predicted molar refractivity (Wildman–Crippen MR) is 116 cm³/mol. The average Bonchev–Trinajstić information content (AvgIpc) is 3.37. The highest BCUT2D eigenvalue weighted by Gasteiger charge is 2.58. The largest absolute Gasteiger partial charge is 0.425 e. The Morgan fingerprint density at radius 2 is 1.23 bits per heavy atom. The molecule has 0 radical (unpaired) electrons. The van der Waals surface area contributed by atoms with Gasteiger partial charge in [0.05, 0.1) is 10.8 Å². The van der Waals surface area contributed by atoms with Crippen LogP contribution in [0, 0.1) is 50.4 Å². The molecule has 0 amide bonds. The van der Waals surface area contributed by atoms with Crippen LogP contribution < -0.4 is 0 Å². The van der Waals surface area contributed by atoms with Gasteiger partial charge in [-0.2, -0.15) is 0 Å². The molecular weight excluding hydrogens is 376 g/mol. The van der Waals surface area contributed by atoms with E-state index < -0.39 is 6.29 Å². The van der Waals surface area contributed by atoms with Gasteiger partial charge in [-0.25, -0.2) is 0 Å². The Kier molecular flexibility index (Phi) is 5.48. The van der Waals surface area contributed by atoms with E-state index in [1.54, 1.807) is 6.92 Å². The Labute approximate surface area is 180 Å². The number of carbonyl (C=O) groups is 2. The van der Waals surface area contributed by atoms with E-state index in [1.165, 1.54) is 22.3 Å². The van der Waals surface area contributed by atoms with Gasteiger partial charge >= 0.3 is 11.9 Å². The van der Waals surface area contributed by atoms with Crippen LogP contribution in [0.2, 0.25) is 0 Å². The van der Waals surface area contributed by atoms with Crippen LogP contribution in [0.25, 0.3) is 0 Å². The number of aryl methyl sites for hydroxylation is 3. The van der Waals surface area contributed by atoms with E-state index in [-0.39, 0.29) is 22.8 Å². The standard InChI is InChI=1S/C16H22O4.C10H14/c1-10(19-13(17)15-4-2-11(6-15)7-15)20-14(18)16-5-3-12(8-16)9-16;1-7-5-8(2)10(4)9(3)6-7/h10-12H,2-9H2,1H3;5-6H,1-4H3. The highest BCUT2D eigenvalue weighted by molar-refractivity contribution is 5.80. The summed E-state index contributed by atoms with van der Waals surface area (Å²) in [6, 6.07) is 4.45. The van der Waals surface area contributed by atoms with Gasteiger partial charge in [-0.3, -0.25) is 9.59 Å². The van der Waals surface area contributed by atoms with Gasteiger partial charge in [0.15, 0.2) is 0 Å². The lowest BCUT2D eigenvalue weighted by molar-refractivity contribution is -0.203. The summed E-state index contributed by atoms with van der Waals surface area (Å²) in [7, 11) is 0. The maximum Gasteiger partial charge on any atom is 0.315 e. The van der Waals surface area contributed by atoms with E-state index in [2.05, 4.69) is 39.8 Å². The van der Waals surface area contributed by atoms with Crippen LogP contribution in [0.4, 0.5) is 0 Å². The molecule has 4 bridgehead atoms. The van der Waals surface area contributed by atoms with Gasteiger partial charge in [0.25, 0.3) is 0 Å². The Bertz CT molecular complexity index is 767. The molecule has 0 unspecified atom stereocenters. The fourth-order valence-corrected chi connectivity index (χ4v) is 6.23. The number of esters is 2. The lowest BCUT2D eigenvalue weighted by Crippen LogP contribution is -2.42. The zero-order valence-electron chi connectivity index (χ0n) is 19.2. The smallest absolute Gasteiger partial charge is 0.315 e. The molecule has 1 aromatic rings. The molecule has 1 aromatic carbocycles. The molecular formula is C26H36O4. The molecule has 30 heavy (non-hydrogen) atoms. The van der Waals surface area contributed by atoms with Gasteiger partial charge < -0.3 is 9.47 Å². The van der Waals surface area contributed by atoms with Crippen molar-refractivity contribution in [2.75, 3.05) is 0 Å². The number of rotatable bonds is 4. The van der Waals surface area contributed by atoms with E-state index in [4.69, 9.17) is 9.47 Å². The summed E-state index contributed by atoms with van der Waals surface area (Å²) in [5.41, 5.74) is 5.11. The zero-order chi connectivity index (χ0) is 21.7. The van der Waals surface area contributed by atoms with Crippen molar-refractivity contribution in [3.8, 4) is 0 Å². The SMILES string of the molecule is CC(OC(=O)C12CCC(C1)C2)OC(=O)C12CCC(C1)C2.Cc1cc(C)c(C)c(C)c1. The normalized spacial score (nSPS) is 33.5. The first-order valence-electron chi connectivity index (χ1n) is 11.6. The second kappa shape index (κ2) is 7.69. The lowest BCUT2D eigenvalue weighted by atomic mass is 9.70. The Balaban J connectivity index is 0.000000185. The van der Waals surface area contributed by atoms with Crippen molar-refractivity contribution in [1.82, 2.24) is 0 Å². The highest BCUT2D eigenvalue weighted by Crippen LogP contribution is 2.60. The fraction of sp³-hybridized carbons (Fsp3) is 0.692. The van der Waals surface area contributed by atoms with Crippen molar-refractivity contribution < 1.29 is 19.1 Å². The molecule has 4 nitrogen and oxygen atoms in total. The molecule has 0 atom stereocenters. The summed E-state index contributed by atoms with van der Waals surface area (Å²) in [5, 5.41) is 0. The van der Waals surface area contributed by atoms with Crippen molar-refractivity contribution in [2.24, 2.45) is 22.7 Å². The number of benzene rings is 1. The molecule has 0 spiro atoms. The number of hydrogen-bond donors (Lipinski definition) is 0. The van der Waals surface area contributed by atoms with Crippen LogP contribution in [-0.4, -0.2) is 18.2 Å². The molecule has 6 aliphatic rings. The first-order chi connectivity index (χ1) is 14.1. The van der Waals surface area contributed by atoms with Crippen molar-refractivity contribution in [3.63, 3.8) is 0 Å². The maximum atomic E-state index is 12.2. The maximum absolute atomic E-state index is 12.2. The first kappa shape index (κ1) is 21.4. The van der Waals surface area contributed by atoms with E-state index in [1.807, 2.05) is 0 Å². The van der Waals surface area contributed by atoms with E-state index in [0.717, 1.165) is 63.2 Å². The van der Waals surface area contributed by atoms with Crippen molar-refractivity contribution in [1.29, 1.82) is 0 Å². The number of fused-ring (bicyclic) bond motifs is 2. The molecule has 6 saturated carbocycles. The summed E-state index contributed by atoms with van der Waals surface area (Å²) >= 11 is 0. The molecule has 0 aliphatic heterocycles. The Morgan fingerprint density at radius 1 is 0.833 bits per heavy atom. The van der Waals surface area contributed by atoms with Gasteiger partial charge in [0, 0.05) is 6.92 Å². The summed E-state index contributed by atoms with van der Waals surface area (Å²) in [5.74, 6) is 1.15. The second-order valence-corrected chi connectivity index (χ2v) is 10.6. The van der Waals surface area contributed by atoms with Gasteiger partial charge in [-0.15, -0.1) is 0 Å². The third kappa shape index (κ3) is 3.78. The minimum Gasteiger partial charge on any atom is -0.425 e. The minimum atomic E-state index is -0.738. The van der Waals surface area contributed by atoms with E-state index in [0.29, 0.717) is 0 Å². The second-order valence-electron chi connectivity index (χ2n) is 10.6. The molecule has 0 heterocycles. The predicted octanol–water partition coefficient (Wildman–Crippen LogP) is 5.72. The Morgan fingerprint density at radius 3 is 1.57 bits per heavy atom. The van der Waals surface area contributed by atoms with Crippen LogP contribution in [0.15, 0.2) is 12.1 Å². The van der Waals surface area contributed by atoms with Crippen molar-refractivity contribution in [3.05, 3.63) is 34.4 Å². The molecule has 0 saturated heterocycles. The third-order valence-corrected chi connectivity index (χ3v) is 8.26. The Hall–Kier alpha value is -1.84. The van der Waals surface area contributed by atoms with Crippen LogP contribution in [0.5, 0.6) is 0 Å². The van der Waals surface area contributed by atoms with Crippen molar-refractivity contribution >= 4 is 11.9 Å². The molecule has 4 heteroatoms. The van der Waals surface area contributed by atoms with Crippen LogP contribution in [-0.2, 0) is 19.1 Å². The van der Waals surface area contributed by atoms with Gasteiger partial charge in [-0.05, 0) is 108 Å². The molecule has 0 aromatic heterocycles. The minimum absolute atomic E-state index is 0.151. The third-order valence-electron chi connectivity index (χ3n) is 8.26. The number of hydrogen-bond acceptors (Lipinski definition) is 4. The lowest BCUT2D eigenvalue weighted by Gasteiger charge is -2.38. The summed E-state index contributed by atoms with van der Waals surface area (Å²) < 4.78 is 10.8. The van der Waals surface area contributed by atoms with E-state index >= 15 is 0 Å². The van der Waals surface area contributed by atoms with Crippen LogP contribution in [0.3, 0.4) is 0 Å².